The molecule has 0 unspecified atom stereocenters. The van der Waals surface area contributed by atoms with Crippen LogP contribution in [0.4, 0.5) is 5.69 Å². The van der Waals surface area contributed by atoms with E-state index in [0.29, 0.717) is 22.8 Å². The number of hydrogen-bond acceptors (Lipinski definition) is 7. The van der Waals surface area contributed by atoms with Crippen LogP contribution < -0.4 is 10.1 Å². The number of carbonyl (C=O) groups excluding carboxylic acids is 2. The Bertz CT molecular complexity index is 1150. The molecule has 1 aromatic heterocycles. The van der Waals surface area contributed by atoms with Gasteiger partial charge < -0.3 is 19.3 Å². The van der Waals surface area contributed by atoms with Crippen LogP contribution in [0.1, 0.15) is 32.9 Å². The third-order valence-electron chi connectivity index (χ3n) is 4.34. The average Bonchev–Trinajstić information content (AvgIpc) is 3.08. The number of anilines is 1. The number of hydrogen-bond donors (Lipinski definition) is 1. The minimum absolute atomic E-state index is 0.214. The predicted octanol–water partition coefficient (Wildman–Crippen LogP) is 4.19. The highest BCUT2D eigenvalue weighted by atomic mass is 35.5. The minimum atomic E-state index is -0.671. The molecule has 0 radical (unpaired) electrons. The Morgan fingerprint density at radius 2 is 2.03 bits per heavy atom. The van der Waals surface area contributed by atoms with Crippen molar-refractivity contribution in [3.8, 4) is 11.8 Å². The van der Waals surface area contributed by atoms with E-state index in [9.17, 15) is 9.59 Å². The van der Waals surface area contributed by atoms with Gasteiger partial charge in [0.05, 0.1) is 27.4 Å². The summed E-state index contributed by atoms with van der Waals surface area (Å²) in [7, 11) is 0. The quantitative estimate of drug-likeness (QED) is 0.549. The maximum absolute atomic E-state index is 12.3. The van der Waals surface area contributed by atoms with E-state index in [-0.39, 0.29) is 17.2 Å². The van der Waals surface area contributed by atoms with Gasteiger partial charge in [-0.2, -0.15) is 5.26 Å². The highest BCUT2D eigenvalue weighted by molar-refractivity contribution is 6.32. The Morgan fingerprint density at radius 3 is 2.71 bits per heavy atom. The number of nitrogens with one attached hydrogen (secondary N) is 1. The third-order valence-corrected chi connectivity index (χ3v) is 4.65. The van der Waals surface area contributed by atoms with E-state index in [1.54, 1.807) is 25.1 Å². The van der Waals surface area contributed by atoms with Gasteiger partial charge in [0, 0.05) is 5.69 Å². The lowest BCUT2D eigenvalue weighted by Gasteiger charge is -2.09. The smallest absolute Gasteiger partial charge is 0.338 e. The number of benzene rings is 2. The first-order valence-corrected chi connectivity index (χ1v) is 9.56. The van der Waals surface area contributed by atoms with Gasteiger partial charge in [-0.1, -0.05) is 22.8 Å². The molecule has 0 atom stereocenters. The van der Waals surface area contributed by atoms with Crippen LogP contribution in [-0.4, -0.2) is 23.6 Å². The van der Waals surface area contributed by atoms with Gasteiger partial charge in [0.25, 0.3) is 5.91 Å². The van der Waals surface area contributed by atoms with Crippen LogP contribution in [-0.2, 0) is 16.1 Å². The summed E-state index contributed by atoms with van der Waals surface area (Å²) in [6.07, 6.45) is 0. The minimum Gasteiger partial charge on any atom is -0.489 e. The van der Waals surface area contributed by atoms with Crippen molar-refractivity contribution in [1.29, 1.82) is 5.26 Å². The number of nitrogens with zero attached hydrogens (tertiary/aromatic N) is 2. The van der Waals surface area contributed by atoms with E-state index < -0.39 is 18.5 Å². The Labute approximate surface area is 183 Å². The molecule has 3 rings (SSSR count). The maximum Gasteiger partial charge on any atom is 0.338 e. The summed E-state index contributed by atoms with van der Waals surface area (Å²) in [5.41, 5.74) is 2.50. The van der Waals surface area contributed by atoms with Crippen molar-refractivity contribution >= 4 is 29.2 Å². The number of ether oxygens (including phenoxy) is 2. The SMILES string of the molecule is Cc1noc(C)c1COc1cccc(C(=O)OCC(=O)Nc2ccc(C#N)c(Cl)c2)c1. The van der Waals surface area contributed by atoms with Crippen LogP contribution in [0.3, 0.4) is 0 Å². The monoisotopic (exact) mass is 439 g/mol. The standard InChI is InChI=1S/C22H18ClN3O5/c1-13-19(14(2)31-26-13)11-29-18-5-3-4-15(8-18)22(28)30-12-21(27)25-17-7-6-16(10-24)20(23)9-17/h3-9H,11-12H2,1-2H3,(H,25,27). The molecule has 2 aromatic carbocycles. The average molecular weight is 440 g/mol. The fraction of sp³-hybridized carbons (Fsp3) is 0.182. The van der Waals surface area contributed by atoms with Gasteiger partial charge in [-0.15, -0.1) is 0 Å². The van der Waals surface area contributed by atoms with Crippen molar-refractivity contribution in [2.75, 3.05) is 11.9 Å². The van der Waals surface area contributed by atoms with Crippen LogP contribution in [0, 0.1) is 25.2 Å². The second-order valence-corrected chi connectivity index (χ2v) is 6.96. The highest BCUT2D eigenvalue weighted by Crippen LogP contribution is 2.21. The van der Waals surface area contributed by atoms with Crippen molar-refractivity contribution in [3.63, 3.8) is 0 Å². The number of amides is 1. The molecule has 1 amide bonds. The second kappa shape index (κ2) is 9.78. The molecular weight excluding hydrogens is 422 g/mol. The topological polar surface area (TPSA) is 114 Å². The van der Waals surface area contributed by atoms with Gasteiger partial charge in [-0.25, -0.2) is 4.79 Å². The van der Waals surface area contributed by atoms with Gasteiger partial charge in [0.2, 0.25) is 0 Å². The Morgan fingerprint density at radius 1 is 1.23 bits per heavy atom. The first-order valence-electron chi connectivity index (χ1n) is 9.18. The molecule has 0 spiro atoms. The van der Waals surface area contributed by atoms with Crippen molar-refractivity contribution in [2.45, 2.75) is 20.5 Å². The Balaban J connectivity index is 1.54. The summed E-state index contributed by atoms with van der Waals surface area (Å²) >= 11 is 5.93. The Hall–Kier alpha value is -3.83. The molecule has 1 N–H and O–H groups in total. The first kappa shape index (κ1) is 21.9. The zero-order valence-electron chi connectivity index (χ0n) is 16.8. The van der Waals surface area contributed by atoms with E-state index in [4.69, 9.17) is 30.9 Å². The summed E-state index contributed by atoms with van der Waals surface area (Å²) in [6, 6.07) is 12.8. The molecule has 0 aliphatic carbocycles. The van der Waals surface area contributed by atoms with Crippen LogP contribution in [0.25, 0.3) is 0 Å². The van der Waals surface area contributed by atoms with Crippen molar-refractivity contribution in [3.05, 3.63) is 75.6 Å². The Kier molecular flexibility index (Phi) is 6.90. The lowest BCUT2D eigenvalue weighted by atomic mass is 10.2. The van der Waals surface area contributed by atoms with Crippen LogP contribution in [0.5, 0.6) is 5.75 Å². The lowest BCUT2D eigenvalue weighted by molar-refractivity contribution is -0.119. The number of rotatable bonds is 7. The largest absolute Gasteiger partial charge is 0.489 e. The van der Waals surface area contributed by atoms with Crippen molar-refractivity contribution in [1.82, 2.24) is 5.16 Å². The summed E-state index contributed by atoms with van der Waals surface area (Å²) in [6.45, 7) is 3.37. The number of halogens is 1. The number of carbonyl (C=O) groups is 2. The van der Waals surface area contributed by atoms with Gasteiger partial charge in [0.15, 0.2) is 6.61 Å². The molecule has 0 saturated carbocycles. The maximum atomic E-state index is 12.3. The number of aryl methyl sites for hydroxylation is 2. The second-order valence-electron chi connectivity index (χ2n) is 6.55. The normalized spacial score (nSPS) is 10.3. The first-order chi connectivity index (χ1) is 14.9. The molecule has 0 fully saturated rings. The molecule has 3 aromatic rings. The zero-order valence-corrected chi connectivity index (χ0v) is 17.5. The molecule has 158 valence electrons. The molecule has 0 aliphatic heterocycles. The van der Waals surface area contributed by atoms with Crippen LogP contribution >= 0.6 is 11.6 Å². The van der Waals surface area contributed by atoms with Crippen molar-refractivity contribution in [2.24, 2.45) is 0 Å². The molecule has 9 heteroatoms. The number of esters is 1. The summed E-state index contributed by atoms with van der Waals surface area (Å²) < 4.78 is 15.9. The van der Waals surface area contributed by atoms with Crippen LogP contribution in [0.2, 0.25) is 5.02 Å². The van der Waals surface area contributed by atoms with Gasteiger partial charge in [-0.05, 0) is 50.2 Å². The predicted molar refractivity (Wildman–Crippen MR) is 112 cm³/mol. The van der Waals surface area contributed by atoms with E-state index in [2.05, 4.69) is 10.5 Å². The third kappa shape index (κ3) is 5.62. The van der Waals surface area contributed by atoms with E-state index in [1.165, 1.54) is 24.3 Å². The highest BCUT2D eigenvalue weighted by Gasteiger charge is 2.13. The molecule has 31 heavy (non-hydrogen) atoms. The van der Waals surface area contributed by atoms with E-state index in [1.807, 2.05) is 13.0 Å². The summed E-state index contributed by atoms with van der Waals surface area (Å²) in [4.78, 5) is 24.3. The molecular formula is C22H18ClN3O5. The summed E-state index contributed by atoms with van der Waals surface area (Å²) in [5.74, 6) is -0.0792. The van der Waals surface area contributed by atoms with Gasteiger partial charge in [-0.3, -0.25) is 4.79 Å². The number of nitriles is 1. The van der Waals surface area contributed by atoms with E-state index in [0.717, 1.165) is 11.3 Å². The number of aromatic nitrogens is 1. The zero-order chi connectivity index (χ0) is 22.4. The lowest BCUT2D eigenvalue weighted by Crippen LogP contribution is -2.21. The summed E-state index contributed by atoms with van der Waals surface area (Å²) in [5, 5.41) is 15.5. The molecule has 8 nitrogen and oxygen atoms in total. The fourth-order valence-electron chi connectivity index (χ4n) is 2.67. The fourth-order valence-corrected chi connectivity index (χ4v) is 2.89. The molecule has 0 bridgehead atoms. The van der Waals surface area contributed by atoms with Crippen LogP contribution in [0.15, 0.2) is 47.0 Å². The van der Waals surface area contributed by atoms with Crippen molar-refractivity contribution < 1.29 is 23.6 Å². The molecule has 0 aliphatic rings. The van der Waals surface area contributed by atoms with E-state index >= 15 is 0 Å². The molecule has 0 saturated heterocycles. The van der Waals surface area contributed by atoms with Gasteiger partial charge in [0.1, 0.15) is 24.2 Å². The molecule has 1 heterocycles. The van der Waals surface area contributed by atoms with Gasteiger partial charge >= 0.3 is 5.97 Å².